The van der Waals surface area contributed by atoms with Crippen LogP contribution in [0.15, 0.2) is 60.7 Å². The molecule has 0 atom stereocenters. The van der Waals surface area contributed by atoms with Gasteiger partial charge in [-0.2, -0.15) is 0 Å². The van der Waals surface area contributed by atoms with Crippen molar-refractivity contribution in [2.45, 2.75) is 44.6 Å². The van der Waals surface area contributed by atoms with E-state index in [9.17, 15) is 19.5 Å². The number of nitrogens with one attached hydrogen (secondary N) is 2. The van der Waals surface area contributed by atoms with Gasteiger partial charge in [0, 0.05) is 36.8 Å². The van der Waals surface area contributed by atoms with E-state index in [0.29, 0.717) is 23.8 Å². The summed E-state index contributed by atoms with van der Waals surface area (Å²) < 4.78 is 0. The second kappa shape index (κ2) is 13.7. The Hall–Kier alpha value is -4.24. The standard InChI is InChI=1S/C30H32ClN5O4/c1-36(19-27(38)33-22-9-5-6-10-22)30-24(18-28(39)40)29(31)34-25(35-30)17-21-11-14-23(15-12-21)32-26(37)16-13-20-7-3-2-4-8-20/h2-4,7-8,11-16,22H,5-6,9-10,17-19H2,1H3,(H,32,37)(H,33,38)(H,39,40)/b16-13+. The maximum atomic E-state index is 12.6. The first-order chi connectivity index (χ1) is 19.3. The summed E-state index contributed by atoms with van der Waals surface area (Å²) in [5.74, 6) is -0.763. The number of anilines is 2. The van der Waals surface area contributed by atoms with Crippen molar-refractivity contribution in [3.05, 3.63) is 88.3 Å². The third-order valence-corrected chi connectivity index (χ3v) is 6.89. The Bertz CT molecular complexity index is 1370. The number of hydrogen-bond donors (Lipinski definition) is 3. The molecule has 208 valence electrons. The van der Waals surface area contributed by atoms with E-state index < -0.39 is 5.97 Å². The van der Waals surface area contributed by atoms with Crippen LogP contribution in [0.4, 0.5) is 11.5 Å². The predicted molar refractivity (Wildman–Crippen MR) is 155 cm³/mol. The lowest BCUT2D eigenvalue weighted by atomic mass is 10.1. The Morgan fingerprint density at radius 1 is 1.05 bits per heavy atom. The summed E-state index contributed by atoms with van der Waals surface area (Å²) in [5, 5.41) is 15.3. The normalized spacial score (nSPS) is 13.3. The molecule has 0 spiro atoms. The number of carboxylic acid groups (broad SMARTS) is 1. The molecule has 0 radical (unpaired) electrons. The van der Waals surface area contributed by atoms with Gasteiger partial charge >= 0.3 is 5.97 Å². The Morgan fingerprint density at radius 3 is 2.42 bits per heavy atom. The quantitative estimate of drug-likeness (QED) is 0.233. The third-order valence-electron chi connectivity index (χ3n) is 6.58. The van der Waals surface area contributed by atoms with E-state index in [2.05, 4.69) is 20.6 Å². The van der Waals surface area contributed by atoms with Gasteiger partial charge in [-0.05, 0) is 42.2 Å². The van der Waals surface area contributed by atoms with Gasteiger partial charge in [0.1, 0.15) is 16.8 Å². The number of carbonyl (C=O) groups is 3. The van der Waals surface area contributed by atoms with Gasteiger partial charge < -0.3 is 20.6 Å². The van der Waals surface area contributed by atoms with Crippen LogP contribution in [0.5, 0.6) is 0 Å². The predicted octanol–water partition coefficient (Wildman–Crippen LogP) is 4.49. The fourth-order valence-corrected chi connectivity index (χ4v) is 4.88. The van der Waals surface area contributed by atoms with E-state index in [4.69, 9.17) is 11.6 Å². The number of halogens is 1. The first-order valence-corrected chi connectivity index (χ1v) is 13.6. The van der Waals surface area contributed by atoms with E-state index in [1.54, 1.807) is 30.2 Å². The fourth-order valence-electron chi connectivity index (χ4n) is 4.63. The number of amides is 2. The average molecular weight is 562 g/mol. The maximum absolute atomic E-state index is 12.6. The molecule has 1 saturated carbocycles. The number of benzene rings is 2. The second-order valence-corrected chi connectivity index (χ2v) is 10.2. The number of likely N-dealkylation sites (N-methyl/N-ethyl adjacent to an activating group) is 1. The number of hydrogen-bond acceptors (Lipinski definition) is 6. The van der Waals surface area contributed by atoms with Crippen LogP contribution >= 0.6 is 11.6 Å². The van der Waals surface area contributed by atoms with Crippen LogP contribution in [0.3, 0.4) is 0 Å². The number of aliphatic carboxylic acids is 1. The van der Waals surface area contributed by atoms with E-state index in [1.807, 2.05) is 42.5 Å². The molecule has 4 rings (SSSR count). The Morgan fingerprint density at radius 2 is 1.75 bits per heavy atom. The van der Waals surface area contributed by atoms with E-state index in [1.165, 1.54) is 6.08 Å². The SMILES string of the molecule is CN(CC(=O)NC1CCCC1)c1nc(Cc2ccc(NC(=O)/C=C/c3ccccc3)cc2)nc(Cl)c1CC(=O)O. The summed E-state index contributed by atoms with van der Waals surface area (Å²) in [4.78, 5) is 46.9. The summed E-state index contributed by atoms with van der Waals surface area (Å²) in [6.07, 6.45) is 7.32. The zero-order chi connectivity index (χ0) is 28.5. The molecule has 2 amide bonds. The summed E-state index contributed by atoms with van der Waals surface area (Å²) in [6, 6.07) is 17.0. The first-order valence-electron chi connectivity index (χ1n) is 13.2. The number of carboxylic acids is 1. The molecule has 1 aliphatic carbocycles. The molecule has 1 aromatic heterocycles. The van der Waals surface area contributed by atoms with Crippen molar-refractivity contribution in [3.8, 4) is 0 Å². The lowest BCUT2D eigenvalue weighted by molar-refractivity contribution is -0.136. The van der Waals surface area contributed by atoms with Crippen molar-refractivity contribution in [1.29, 1.82) is 0 Å². The molecule has 0 bridgehead atoms. The van der Waals surface area contributed by atoms with Crippen molar-refractivity contribution < 1.29 is 19.5 Å². The van der Waals surface area contributed by atoms with Gasteiger partial charge in [-0.3, -0.25) is 14.4 Å². The molecule has 10 heteroatoms. The van der Waals surface area contributed by atoms with Gasteiger partial charge in [0.15, 0.2) is 0 Å². The zero-order valence-corrected chi connectivity index (χ0v) is 23.0. The molecule has 0 saturated heterocycles. The number of aromatic nitrogens is 2. The van der Waals surface area contributed by atoms with Gasteiger partial charge in [-0.25, -0.2) is 9.97 Å². The highest BCUT2D eigenvalue weighted by molar-refractivity contribution is 6.30. The van der Waals surface area contributed by atoms with Crippen molar-refractivity contribution in [3.63, 3.8) is 0 Å². The lowest BCUT2D eigenvalue weighted by Crippen LogP contribution is -2.40. The molecule has 40 heavy (non-hydrogen) atoms. The molecular weight excluding hydrogens is 530 g/mol. The number of nitrogens with zero attached hydrogens (tertiary/aromatic N) is 3. The molecule has 3 aromatic rings. The second-order valence-electron chi connectivity index (χ2n) is 9.82. The molecule has 3 N–H and O–H groups in total. The van der Waals surface area contributed by atoms with Crippen LogP contribution in [0, 0.1) is 0 Å². The van der Waals surface area contributed by atoms with Crippen LogP contribution in [0.1, 0.15) is 48.2 Å². The van der Waals surface area contributed by atoms with Crippen LogP contribution < -0.4 is 15.5 Å². The van der Waals surface area contributed by atoms with Crippen LogP contribution in [0.2, 0.25) is 5.15 Å². The summed E-state index contributed by atoms with van der Waals surface area (Å²) in [6.45, 7) is 0.0169. The average Bonchev–Trinajstić information content (AvgIpc) is 3.43. The fraction of sp³-hybridized carbons (Fsp3) is 0.300. The Balaban J connectivity index is 1.44. The molecule has 1 fully saturated rings. The molecule has 0 aliphatic heterocycles. The molecule has 2 aromatic carbocycles. The summed E-state index contributed by atoms with van der Waals surface area (Å²) >= 11 is 6.42. The third kappa shape index (κ3) is 8.38. The minimum Gasteiger partial charge on any atom is -0.481 e. The van der Waals surface area contributed by atoms with E-state index in [0.717, 1.165) is 36.8 Å². The highest BCUT2D eigenvalue weighted by Crippen LogP contribution is 2.26. The van der Waals surface area contributed by atoms with E-state index >= 15 is 0 Å². The Labute approximate surface area is 238 Å². The maximum Gasteiger partial charge on any atom is 0.308 e. The van der Waals surface area contributed by atoms with Crippen LogP contribution in [-0.4, -0.2) is 52.5 Å². The van der Waals surface area contributed by atoms with Gasteiger partial charge in [-0.15, -0.1) is 0 Å². The number of carbonyl (C=O) groups excluding carboxylic acids is 2. The minimum absolute atomic E-state index is 0.0169. The van der Waals surface area contributed by atoms with Crippen molar-refractivity contribution >= 4 is 47.0 Å². The molecular formula is C30H32ClN5O4. The topological polar surface area (TPSA) is 125 Å². The van der Waals surface area contributed by atoms with Crippen LogP contribution in [0.25, 0.3) is 6.08 Å². The van der Waals surface area contributed by atoms with Crippen molar-refractivity contribution in [1.82, 2.24) is 15.3 Å². The number of rotatable bonds is 11. The molecule has 9 nitrogen and oxygen atoms in total. The van der Waals surface area contributed by atoms with E-state index in [-0.39, 0.29) is 41.5 Å². The molecule has 1 aliphatic rings. The highest BCUT2D eigenvalue weighted by Gasteiger charge is 2.22. The van der Waals surface area contributed by atoms with Crippen molar-refractivity contribution in [2.75, 3.05) is 23.8 Å². The largest absolute Gasteiger partial charge is 0.481 e. The zero-order valence-electron chi connectivity index (χ0n) is 22.3. The minimum atomic E-state index is -1.07. The van der Waals surface area contributed by atoms with Gasteiger partial charge in [0.2, 0.25) is 11.8 Å². The molecule has 1 heterocycles. The smallest absolute Gasteiger partial charge is 0.308 e. The monoisotopic (exact) mass is 561 g/mol. The summed E-state index contributed by atoms with van der Waals surface area (Å²) in [7, 11) is 1.69. The first kappa shape index (κ1) is 28.8. The van der Waals surface area contributed by atoms with Crippen LogP contribution in [-0.2, 0) is 27.2 Å². The highest BCUT2D eigenvalue weighted by atomic mass is 35.5. The van der Waals surface area contributed by atoms with Gasteiger partial charge in [0.05, 0.1) is 13.0 Å². The van der Waals surface area contributed by atoms with Crippen molar-refractivity contribution in [2.24, 2.45) is 0 Å². The Kier molecular flexibility index (Phi) is 9.86. The van der Waals surface area contributed by atoms with Gasteiger partial charge in [0.25, 0.3) is 0 Å². The summed E-state index contributed by atoms with van der Waals surface area (Å²) in [5.41, 5.74) is 2.69. The lowest BCUT2D eigenvalue weighted by Gasteiger charge is -2.22. The molecule has 0 unspecified atom stereocenters. The van der Waals surface area contributed by atoms with Gasteiger partial charge in [-0.1, -0.05) is 66.9 Å².